The van der Waals surface area contributed by atoms with E-state index in [1.807, 2.05) is 60.7 Å². The molecule has 232 valence electrons. The van der Waals surface area contributed by atoms with Crippen molar-refractivity contribution >= 4 is 76.2 Å². The van der Waals surface area contributed by atoms with Gasteiger partial charge in [0, 0.05) is 21.5 Å². The molecule has 2 nitrogen and oxygen atoms in total. The molecule has 0 atom stereocenters. The summed E-state index contributed by atoms with van der Waals surface area (Å²) < 4.78 is 147. The van der Waals surface area contributed by atoms with E-state index in [0.717, 1.165) is 27.1 Å². The molecule has 0 amide bonds. The number of hydrogen-bond acceptors (Lipinski definition) is 2. The fourth-order valence-electron chi connectivity index (χ4n) is 7.19. The van der Waals surface area contributed by atoms with Gasteiger partial charge in [-0.1, -0.05) is 127 Å². The van der Waals surface area contributed by atoms with E-state index in [9.17, 15) is 8.22 Å². The van der Waals surface area contributed by atoms with Gasteiger partial charge < -0.3 is 8.83 Å². The lowest BCUT2D eigenvalue weighted by Crippen LogP contribution is -1.91. The molecule has 0 radical (unpaired) electrons. The van der Waals surface area contributed by atoms with Crippen LogP contribution >= 0.6 is 0 Å². The van der Waals surface area contributed by atoms with Gasteiger partial charge in [-0.3, -0.25) is 0 Å². The topological polar surface area (TPSA) is 26.3 Å². The number of hydrogen-bond donors (Lipinski definition) is 0. The maximum atomic E-state index is 9.46. The second-order valence-electron chi connectivity index (χ2n) is 12.1. The number of para-hydroxylation sites is 1. The first-order chi connectivity index (χ1) is 31.0. The lowest BCUT2D eigenvalue weighted by atomic mass is 9.85. The van der Waals surface area contributed by atoms with Crippen LogP contribution < -0.4 is 0 Å². The van der Waals surface area contributed by atoms with Crippen LogP contribution in [0.25, 0.3) is 110 Å². The van der Waals surface area contributed by atoms with Crippen molar-refractivity contribution in [2.24, 2.45) is 0 Å². The summed E-state index contributed by atoms with van der Waals surface area (Å²) in [5.41, 5.74) is 3.47. The second-order valence-corrected chi connectivity index (χ2v) is 12.1. The molecule has 50 heavy (non-hydrogen) atoms. The molecule has 11 rings (SSSR count). The highest BCUT2D eigenvalue weighted by Gasteiger charge is 2.19. The molecule has 0 fully saturated rings. The van der Waals surface area contributed by atoms with Crippen molar-refractivity contribution in [3.8, 4) is 33.4 Å². The van der Waals surface area contributed by atoms with Crippen molar-refractivity contribution in [1.82, 2.24) is 0 Å². The SMILES string of the molecule is [2H]c1c([2H])c([2H])c2c([2H])c(-c3c4c([2H])c([2H])c([2H])c([2H])c4c(-c4cccc(-c5ccc6c(c5)oc5ccc7oc8ccccc8c7c56)c4)c4c([2H])c([2H])c([2H])c([2H])c34)c([2H])c([2H])c2c1[2H]. The average molecular weight is 652 g/mol. The summed E-state index contributed by atoms with van der Waals surface area (Å²) in [6, 6.07) is 14.1. The molecule has 0 aliphatic rings. The summed E-state index contributed by atoms with van der Waals surface area (Å²) in [6.45, 7) is 0. The normalized spacial score (nSPS) is 16.2. The molecule has 11 aromatic rings. The second kappa shape index (κ2) is 10.4. The van der Waals surface area contributed by atoms with Gasteiger partial charge in [0.05, 0.1) is 20.6 Å². The lowest BCUT2D eigenvalue weighted by Gasteiger charge is -2.18. The van der Waals surface area contributed by atoms with Crippen molar-refractivity contribution in [2.75, 3.05) is 0 Å². The van der Waals surface area contributed by atoms with Gasteiger partial charge in [-0.05, 0) is 108 Å². The molecule has 2 heteroatoms. The third kappa shape index (κ3) is 3.96. The first-order valence-electron chi connectivity index (χ1n) is 23.4. The van der Waals surface area contributed by atoms with E-state index in [0.29, 0.717) is 33.4 Å². The highest BCUT2D eigenvalue weighted by molar-refractivity contribution is 6.26. The van der Waals surface area contributed by atoms with Crippen LogP contribution in [0.15, 0.2) is 178 Å². The molecule has 9 aromatic carbocycles. The zero-order valence-electron chi connectivity index (χ0n) is 40.8. The number of rotatable bonds is 3. The molecule has 0 spiro atoms. The Balaban J connectivity index is 1.25. The molecular weight excluding hydrogens is 609 g/mol. The molecular formula is C48H28O2. The van der Waals surface area contributed by atoms with Crippen molar-refractivity contribution in [2.45, 2.75) is 0 Å². The molecule has 0 N–H and O–H groups in total. The van der Waals surface area contributed by atoms with Gasteiger partial charge in [0.1, 0.15) is 22.3 Å². The van der Waals surface area contributed by atoms with Gasteiger partial charge in [0.2, 0.25) is 0 Å². The number of furan rings is 2. The summed E-state index contributed by atoms with van der Waals surface area (Å²) in [7, 11) is 0. The van der Waals surface area contributed by atoms with Crippen LogP contribution in [-0.4, -0.2) is 0 Å². The van der Waals surface area contributed by atoms with Crippen molar-refractivity contribution in [1.29, 1.82) is 0 Å². The Labute approximate surface area is 308 Å². The summed E-state index contributed by atoms with van der Waals surface area (Å²) in [5, 5.41) is 1.76. The summed E-state index contributed by atoms with van der Waals surface area (Å²) in [5.74, 6) is 0. The van der Waals surface area contributed by atoms with Crippen LogP contribution in [0.3, 0.4) is 0 Å². The third-order valence-electron chi connectivity index (χ3n) is 9.34. The molecule has 0 aliphatic heterocycles. The Morgan fingerprint density at radius 3 is 1.68 bits per heavy atom. The first-order valence-corrected chi connectivity index (χ1v) is 15.9. The minimum atomic E-state index is -0.743. The Kier molecular flexibility index (Phi) is 3.47. The van der Waals surface area contributed by atoms with Crippen LogP contribution in [0.1, 0.15) is 20.6 Å². The van der Waals surface area contributed by atoms with E-state index in [1.54, 1.807) is 18.2 Å². The molecule has 0 aliphatic carbocycles. The lowest BCUT2D eigenvalue weighted by molar-refractivity contribution is 0.663. The fourth-order valence-corrected chi connectivity index (χ4v) is 7.19. The van der Waals surface area contributed by atoms with E-state index in [-0.39, 0.29) is 32.7 Å². The predicted octanol–water partition coefficient (Wildman–Crippen LogP) is 13.9. The standard InChI is InChI=1S/C48H28O2/c1-2-11-30-26-34(21-20-29(30)10-1)46-37-16-5-3-14-35(37)45(36-15-4-6-17-38(36)46)33-13-9-12-31(27-33)32-22-23-40-44(28-32)50-43-25-24-42-47(48(40)43)39-18-7-8-19-41(39)49-42/h1-28H/i1D,2D,3D,4D,5D,6D,10D,11D,14D,15D,16D,17D,20D,21D,26D. The first kappa shape index (κ1) is 16.6. The molecule has 0 saturated carbocycles. The smallest absolute Gasteiger partial charge is 0.136 e. The minimum Gasteiger partial charge on any atom is -0.456 e. The van der Waals surface area contributed by atoms with Crippen molar-refractivity contribution in [3.05, 3.63) is 169 Å². The predicted molar refractivity (Wildman–Crippen MR) is 210 cm³/mol. The van der Waals surface area contributed by atoms with Gasteiger partial charge in [-0.25, -0.2) is 0 Å². The molecule has 0 unspecified atom stereocenters. The quantitative estimate of drug-likeness (QED) is 0.178. The zero-order chi connectivity index (χ0) is 45.8. The Morgan fingerprint density at radius 2 is 0.940 bits per heavy atom. The van der Waals surface area contributed by atoms with Crippen LogP contribution in [0.2, 0.25) is 0 Å². The summed E-state index contributed by atoms with van der Waals surface area (Å²) in [4.78, 5) is 0. The Morgan fingerprint density at radius 1 is 0.360 bits per heavy atom. The average Bonchev–Trinajstić information content (AvgIpc) is 3.88. The molecule has 0 saturated heterocycles. The van der Waals surface area contributed by atoms with E-state index in [1.165, 1.54) is 0 Å². The monoisotopic (exact) mass is 651 g/mol. The zero-order valence-corrected chi connectivity index (χ0v) is 25.8. The Bertz CT molecular complexity index is 3940. The van der Waals surface area contributed by atoms with Crippen molar-refractivity contribution < 1.29 is 29.4 Å². The highest BCUT2D eigenvalue weighted by Crippen LogP contribution is 2.45. The van der Waals surface area contributed by atoms with Gasteiger partial charge in [-0.15, -0.1) is 0 Å². The highest BCUT2D eigenvalue weighted by atomic mass is 16.3. The molecule has 2 aromatic heterocycles. The van der Waals surface area contributed by atoms with E-state index >= 15 is 0 Å². The summed E-state index contributed by atoms with van der Waals surface area (Å²) in [6.07, 6.45) is 0. The van der Waals surface area contributed by atoms with Crippen LogP contribution in [-0.2, 0) is 0 Å². The minimum absolute atomic E-state index is 0.0190. The maximum absolute atomic E-state index is 9.46. The van der Waals surface area contributed by atoms with E-state index in [4.69, 9.17) is 21.2 Å². The number of benzene rings is 9. The van der Waals surface area contributed by atoms with Crippen LogP contribution in [0.4, 0.5) is 0 Å². The van der Waals surface area contributed by atoms with Gasteiger partial charge in [0.25, 0.3) is 0 Å². The van der Waals surface area contributed by atoms with E-state index in [2.05, 4.69) is 0 Å². The molecule has 2 heterocycles. The summed E-state index contributed by atoms with van der Waals surface area (Å²) >= 11 is 0. The third-order valence-corrected chi connectivity index (χ3v) is 9.34. The fraction of sp³-hybridized carbons (Fsp3) is 0. The van der Waals surface area contributed by atoms with Crippen LogP contribution in [0, 0.1) is 0 Å². The molecule has 0 bridgehead atoms. The van der Waals surface area contributed by atoms with Crippen LogP contribution in [0.5, 0.6) is 0 Å². The Hall–Kier alpha value is -6.64. The number of fused-ring (bicyclic) bond motifs is 10. The van der Waals surface area contributed by atoms with Gasteiger partial charge in [0.15, 0.2) is 0 Å². The van der Waals surface area contributed by atoms with E-state index < -0.39 is 107 Å². The largest absolute Gasteiger partial charge is 0.456 e. The van der Waals surface area contributed by atoms with Crippen molar-refractivity contribution in [3.63, 3.8) is 0 Å². The van der Waals surface area contributed by atoms with Gasteiger partial charge in [-0.2, -0.15) is 0 Å². The maximum Gasteiger partial charge on any atom is 0.136 e. The van der Waals surface area contributed by atoms with Gasteiger partial charge >= 0.3 is 0 Å².